The topological polar surface area (TPSA) is 122 Å². The second-order valence-corrected chi connectivity index (χ2v) is 9.61. The first-order valence-electron chi connectivity index (χ1n) is 13.8. The summed E-state index contributed by atoms with van der Waals surface area (Å²) in [5.74, 6) is -2.56. The summed E-state index contributed by atoms with van der Waals surface area (Å²) in [4.78, 5) is 48.7. The fourth-order valence-corrected chi connectivity index (χ4v) is 4.21. The molecule has 0 aromatic heterocycles. The van der Waals surface area contributed by atoms with Crippen LogP contribution in [0.2, 0.25) is 0 Å². The Kier molecular flexibility index (Phi) is 17.5. The fraction of sp³-hybridized carbons (Fsp3) is 0.655. The fourth-order valence-electron chi connectivity index (χ4n) is 4.21. The van der Waals surface area contributed by atoms with Crippen molar-refractivity contribution in [2.75, 3.05) is 7.11 Å². The van der Waals surface area contributed by atoms with E-state index in [4.69, 9.17) is 9.84 Å². The quantitative estimate of drug-likeness (QED) is 0.157. The molecule has 8 nitrogen and oxygen atoms in total. The van der Waals surface area contributed by atoms with Gasteiger partial charge in [0.2, 0.25) is 11.8 Å². The number of carbonyl (C=O) groups excluding carboxylic acids is 3. The van der Waals surface area contributed by atoms with Gasteiger partial charge in [0.05, 0.1) is 7.11 Å². The van der Waals surface area contributed by atoms with Gasteiger partial charge in [0.25, 0.3) is 0 Å². The Balaban J connectivity index is 2.53. The highest BCUT2D eigenvalue weighted by molar-refractivity contribution is 5.91. The van der Waals surface area contributed by atoms with Gasteiger partial charge in [0.1, 0.15) is 12.1 Å². The lowest BCUT2D eigenvalue weighted by atomic mass is 10.0. The number of unbranched alkanes of at least 4 members (excludes halogenated alkanes) is 10. The van der Waals surface area contributed by atoms with Gasteiger partial charge in [-0.1, -0.05) is 101 Å². The van der Waals surface area contributed by atoms with Gasteiger partial charge < -0.3 is 20.5 Å². The molecule has 0 unspecified atom stereocenters. The number of esters is 1. The summed E-state index contributed by atoms with van der Waals surface area (Å²) in [6, 6.07) is 7.29. The number of amides is 2. The molecule has 0 spiro atoms. The predicted molar refractivity (Wildman–Crippen MR) is 144 cm³/mol. The normalized spacial score (nSPS) is 12.4. The number of ether oxygens (including phenoxy) is 1. The highest BCUT2D eigenvalue weighted by atomic mass is 16.5. The molecule has 1 aromatic rings. The van der Waals surface area contributed by atoms with E-state index in [0.29, 0.717) is 6.42 Å². The van der Waals surface area contributed by atoms with Gasteiger partial charge in [-0.25, -0.2) is 4.79 Å². The van der Waals surface area contributed by atoms with Crippen LogP contribution in [0.15, 0.2) is 30.3 Å². The van der Waals surface area contributed by atoms with Gasteiger partial charge in [-0.05, 0) is 18.4 Å². The van der Waals surface area contributed by atoms with Crippen LogP contribution < -0.4 is 10.6 Å². The van der Waals surface area contributed by atoms with Crippen LogP contribution >= 0.6 is 0 Å². The van der Waals surface area contributed by atoms with Gasteiger partial charge in [-0.2, -0.15) is 0 Å². The zero-order valence-electron chi connectivity index (χ0n) is 22.6. The van der Waals surface area contributed by atoms with Crippen LogP contribution in [-0.2, 0) is 30.3 Å². The summed E-state index contributed by atoms with van der Waals surface area (Å²) in [6.07, 6.45) is 13.3. The molecule has 1 rings (SSSR count). The molecule has 1 aromatic carbocycles. The largest absolute Gasteiger partial charge is 0.481 e. The second kappa shape index (κ2) is 20.2. The standard InChI is InChI=1S/C29H46N2O6/c1-3-4-5-6-7-8-9-10-11-12-16-19-26(32)30-25(22-23-17-14-13-15-18-23)28(35)31-24(29(36)37-2)20-21-27(33)34/h13-15,17-18,24-25H,3-12,16,19-22H2,1-2H3,(H,30,32)(H,31,35)(H,33,34)/t24-,25+/m1/s1. The molecule has 0 radical (unpaired) electrons. The number of rotatable bonds is 21. The minimum Gasteiger partial charge on any atom is -0.481 e. The number of carboxylic acids is 1. The van der Waals surface area contributed by atoms with E-state index in [0.717, 1.165) is 24.8 Å². The van der Waals surface area contributed by atoms with Crippen molar-refractivity contribution in [1.29, 1.82) is 0 Å². The Morgan fingerprint density at radius 2 is 1.35 bits per heavy atom. The third-order valence-corrected chi connectivity index (χ3v) is 6.39. The van der Waals surface area contributed by atoms with Crippen molar-refractivity contribution in [2.45, 2.75) is 115 Å². The molecule has 0 aliphatic rings. The summed E-state index contributed by atoms with van der Waals surface area (Å²) in [6.45, 7) is 2.23. The van der Waals surface area contributed by atoms with Gasteiger partial charge in [0, 0.05) is 19.3 Å². The van der Waals surface area contributed by atoms with Crippen LogP contribution in [0.25, 0.3) is 0 Å². The molecule has 208 valence electrons. The Hall–Kier alpha value is -2.90. The van der Waals surface area contributed by atoms with Crippen molar-refractivity contribution in [3.63, 3.8) is 0 Å². The number of aliphatic carboxylic acids is 1. The number of carboxylic acid groups (broad SMARTS) is 1. The number of hydrogen-bond donors (Lipinski definition) is 3. The lowest BCUT2D eigenvalue weighted by Crippen LogP contribution is -2.52. The van der Waals surface area contributed by atoms with Gasteiger partial charge >= 0.3 is 11.9 Å². The lowest BCUT2D eigenvalue weighted by Gasteiger charge is -2.22. The first-order chi connectivity index (χ1) is 17.9. The van der Waals surface area contributed by atoms with Gasteiger partial charge in [-0.3, -0.25) is 14.4 Å². The predicted octanol–water partition coefficient (Wildman–Crippen LogP) is 4.94. The van der Waals surface area contributed by atoms with E-state index in [9.17, 15) is 19.2 Å². The molecule has 2 amide bonds. The summed E-state index contributed by atoms with van der Waals surface area (Å²) in [5.41, 5.74) is 0.859. The van der Waals surface area contributed by atoms with E-state index in [2.05, 4.69) is 17.6 Å². The number of nitrogens with one attached hydrogen (secondary N) is 2. The summed E-state index contributed by atoms with van der Waals surface area (Å²) >= 11 is 0. The SMILES string of the molecule is CCCCCCCCCCCCCC(=O)N[C@@H](Cc1ccccc1)C(=O)N[C@H](CCC(=O)O)C(=O)OC. The molecule has 8 heteroatoms. The molecular weight excluding hydrogens is 472 g/mol. The third-order valence-electron chi connectivity index (χ3n) is 6.39. The maximum atomic E-state index is 13.0. The molecule has 37 heavy (non-hydrogen) atoms. The van der Waals surface area contributed by atoms with E-state index in [1.807, 2.05) is 30.3 Å². The van der Waals surface area contributed by atoms with Crippen molar-refractivity contribution < 1.29 is 29.0 Å². The molecule has 0 bridgehead atoms. The monoisotopic (exact) mass is 518 g/mol. The van der Waals surface area contributed by atoms with Crippen LogP contribution in [0.5, 0.6) is 0 Å². The van der Waals surface area contributed by atoms with Crippen LogP contribution in [0.4, 0.5) is 0 Å². The highest BCUT2D eigenvalue weighted by Gasteiger charge is 2.28. The maximum absolute atomic E-state index is 13.0. The first-order valence-corrected chi connectivity index (χ1v) is 13.8. The maximum Gasteiger partial charge on any atom is 0.328 e. The number of benzene rings is 1. The van der Waals surface area contributed by atoms with Crippen LogP contribution in [0, 0.1) is 0 Å². The summed E-state index contributed by atoms with van der Waals surface area (Å²) in [5, 5.41) is 14.3. The molecule has 0 aliphatic carbocycles. The van der Waals surface area contributed by atoms with Crippen molar-refractivity contribution in [1.82, 2.24) is 10.6 Å². The average Bonchev–Trinajstić information content (AvgIpc) is 2.89. The Labute approximate surface area is 221 Å². The molecule has 0 heterocycles. The third kappa shape index (κ3) is 15.7. The van der Waals surface area contributed by atoms with Crippen molar-refractivity contribution in [2.24, 2.45) is 0 Å². The van der Waals surface area contributed by atoms with Gasteiger partial charge in [0.15, 0.2) is 0 Å². The molecule has 0 saturated heterocycles. The van der Waals surface area contributed by atoms with E-state index < -0.39 is 29.9 Å². The van der Waals surface area contributed by atoms with Crippen molar-refractivity contribution >= 4 is 23.8 Å². The van der Waals surface area contributed by atoms with E-state index in [-0.39, 0.29) is 25.2 Å². The number of methoxy groups -OCH3 is 1. The zero-order valence-corrected chi connectivity index (χ0v) is 22.6. The van der Waals surface area contributed by atoms with E-state index in [1.54, 1.807) is 0 Å². The minimum atomic E-state index is -1.10. The van der Waals surface area contributed by atoms with Crippen LogP contribution in [0.1, 0.15) is 102 Å². The second-order valence-electron chi connectivity index (χ2n) is 9.61. The molecule has 3 N–H and O–H groups in total. The molecule has 2 atom stereocenters. The molecule has 0 fully saturated rings. The minimum absolute atomic E-state index is 0.0987. The summed E-state index contributed by atoms with van der Waals surface area (Å²) in [7, 11) is 1.18. The van der Waals surface area contributed by atoms with Crippen LogP contribution in [0.3, 0.4) is 0 Å². The van der Waals surface area contributed by atoms with Gasteiger partial charge in [-0.15, -0.1) is 0 Å². The zero-order chi connectivity index (χ0) is 27.3. The Morgan fingerprint density at radius 1 is 0.784 bits per heavy atom. The smallest absolute Gasteiger partial charge is 0.328 e. The van der Waals surface area contributed by atoms with Crippen molar-refractivity contribution in [3.8, 4) is 0 Å². The Bertz CT molecular complexity index is 799. The van der Waals surface area contributed by atoms with E-state index >= 15 is 0 Å². The van der Waals surface area contributed by atoms with Crippen LogP contribution in [-0.4, -0.2) is 48.1 Å². The molecule has 0 saturated carbocycles. The average molecular weight is 519 g/mol. The number of hydrogen-bond acceptors (Lipinski definition) is 5. The number of carbonyl (C=O) groups is 4. The summed E-state index contributed by atoms with van der Waals surface area (Å²) < 4.78 is 4.71. The first kappa shape index (κ1) is 32.1. The highest BCUT2D eigenvalue weighted by Crippen LogP contribution is 2.12. The lowest BCUT2D eigenvalue weighted by molar-refractivity contribution is -0.146. The van der Waals surface area contributed by atoms with Crippen molar-refractivity contribution in [3.05, 3.63) is 35.9 Å². The molecular formula is C29H46N2O6. The van der Waals surface area contributed by atoms with E-state index in [1.165, 1.54) is 58.5 Å². The molecule has 0 aliphatic heterocycles. The Morgan fingerprint density at radius 3 is 1.89 bits per heavy atom.